The van der Waals surface area contributed by atoms with Crippen LogP contribution in [0.3, 0.4) is 0 Å². The molecule has 4 aromatic rings. The van der Waals surface area contributed by atoms with Gasteiger partial charge in [-0.15, -0.1) is 0 Å². The molecule has 14 nitrogen and oxygen atoms in total. The normalized spacial score (nSPS) is 23.8. The highest BCUT2D eigenvalue weighted by molar-refractivity contribution is 6.22. The molecule has 0 radical (unpaired) electrons. The van der Waals surface area contributed by atoms with Gasteiger partial charge in [-0.3, -0.25) is 34.1 Å². The Labute approximate surface area is 324 Å². The van der Waals surface area contributed by atoms with E-state index in [4.69, 9.17) is 9.84 Å². The summed E-state index contributed by atoms with van der Waals surface area (Å²) in [6.07, 6.45) is 2.49. The maximum atomic E-state index is 13.3. The van der Waals surface area contributed by atoms with Gasteiger partial charge in [-0.05, 0) is 80.5 Å². The van der Waals surface area contributed by atoms with Gasteiger partial charge in [0.25, 0.3) is 17.7 Å². The first-order valence-corrected chi connectivity index (χ1v) is 19.0. The Hall–Kier alpha value is -5.97. The Morgan fingerprint density at radius 3 is 2.40 bits per heavy atom. The van der Waals surface area contributed by atoms with Crippen molar-refractivity contribution in [2.24, 2.45) is 5.92 Å². The number of imide groups is 2. The maximum absolute atomic E-state index is 13.3. The summed E-state index contributed by atoms with van der Waals surface area (Å²) in [5.74, 6) is -1.39. The number of alkyl halides is 3. The van der Waals surface area contributed by atoms with Gasteiger partial charge >= 0.3 is 12.2 Å². The summed E-state index contributed by atoms with van der Waals surface area (Å²) in [5, 5.41) is 12.3. The van der Waals surface area contributed by atoms with E-state index < -0.39 is 41.4 Å². The fourth-order valence-electron chi connectivity index (χ4n) is 9.02. The van der Waals surface area contributed by atoms with Crippen molar-refractivity contribution < 1.29 is 41.9 Å². The van der Waals surface area contributed by atoms with E-state index in [1.54, 1.807) is 24.3 Å². The van der Waals surface area contributed by atoms with Crippen molar-refractivity contribution in [3.05, 3.63) is 83.0 Å². The summed E-state index contributed by atoms with van der Waals surface area (Å²) in [7, 11) is 1.46. The standard InChI is InChI=1S/C40H39F3N8O6/c1-57-34-17-32-24(14-33(34)44-36(53)23-3-2-4-25(13-23)40(41,42)43)19-49(46-32)26-7-5-22(6-8-26)18-48-28-15-29(48)21-47(20-28)27-9-10-30-31(16-27)38(55)51(37(30)54)50-12-11-35(52)45-39(50)56/h2-4,9-10,13-14,16-17,19,22,26,28-29H,5-8,11-12,15,18,20-21H2,1H3,(H,44,53)(H,45,52,56)/t22?,26?,28-,29?/m1/s1. The fourth-order valence-corrected chi connectivity index (χ4v) is 9.02. The van der Waals surface area contributed by atoms with Gasteiger partial charge in [-0.1, -0.05) is 6.07 Å². The number of aromatic nitrogens is 2. The van der Waals surface area contributed by atoms with Gasteiger partial charge < -0.3 is 15.0 Å². The van der Waals surface area contributed by atoms with Crippen LogP contribution in [0.1, 0.15) is 81.2 Å². The predicted octanol–water partition coefficient (Wildman–Crippen LogP) is 5.46. The number of urea groups is 1. The number of hydrogen-bond acceptors (Lipinski definition) is 9. The van der Waals surface area contributed by atoms with Crippen LogP contribution in [0.5, 0.6) is 5.75 Å². The number of anilines is 2. The van der Waals surface area contributed by atoms with Crippen LogP contribution >= 0.6 is 0 Å². The van der Waals surface area contributed by atoms with E-state index >= 15 is 0 Å². The van der Waals surface area contributed by atoms with E-state index in [-0.39, 0.29) is 35.7 Å². The molecule has 10 rings (SSSR count). The zero-order chi connectivity index (χ0) is 39.7. The Morgan fingerprint density at radius 1 is 0.930 bits per heavy atom. The van der Waals surface area contributed by atoms with Crippen molar-refractivity contribution in [2.75, 3.05) is 43.5 Å². The first-order valence-electron chi connectivity index (χ1n) is 19.0. The minimum Gasteiger partial charge on any atom is -0.494 e. The highest BCUT2D eigenvalue weighted by atomic mass is 19.4. The van der Waals surface area contributed by atoms with Crippen LogP contribution < -0.4 is 20.3 Å². The summed E-state index contributed by atoms with van der Waals surface area (Å²) in [5.41, 5.74) is 1.36. The molecule has 1 unspecified atom stereocenters. The van der Waals surface area contributed by atoms with E-state index in [2.05, 4.69) is 20.4 Å². The van der Waals surface area contributed by atoms with Crippen molar-refractivity contribution in [3.63, 3.8) is 0 Å². The van der Waals surface area contributed by atoms with Crippen LogP contribution in [-0.2, 0) is 11.0 Å². The van der Waals surface area contributed by atoms with Crippen LogP contribution in [0, 0.1) is 5.92 Å². The molecule has 57 heavy (non-hydrogen) atoms. The number of ether oxygens (including phenoxy) is 1. The number of amides is 6. The van der Waals surface area contributed by atoms with Gasteiger partial charge in [0.1, 0.15) is 5.75 Å². The number of carbonyl (C=O) groups excluding carboxylic acids is 5. The summed E-state index contributed by atoms with van der Waals surface area (Å²) in [6.45, 7) is 2.57. The molecule has 5 aliphatic heterocycles. The van der Waals surface area contributed by atoms with Crippen molar-refractivity contribution in [1.82, 2.24) is 30.0 Å². The third-order valence-corrected chi connectivity index (χ3v) is 12.0. The molecule has 6 amide bonds. The molecule has 296 valence electrons. The van der Waals surface area contributed by atoms with Crippen molar-refractivity contribution >= 4 is 51.9 Å². The molecule has 0 spiro atoms. The molecule has 4 saturated heterocycles. The Kier molecular flexibility index (Phi) is 8.94. The zero-order valence-corrected chi connectivity index (χ0v) is 30.9. The number of benzene rings is 3. The highest BCUT2D eigenvalue weighted by Gasteiger charge is 2.47. The molecule has 3 aromatic carbocycles. The predicted molar refractivity (Wildman–Crippen MR) is 200 cm³/mol. The van der Waals surface area contributed by atoms with Crippen LogP contribution in [0.15, 0.2) is 60.8 Å². The Bertz CT molecular complexity index is 2330. The number of hydrogen-bond donors (Lipinski definition) is 2. The molecule has 6 aliphatic rings. The maximum Gasteiger partial charge on any atom is 0.416 e. The minimum absolute atomic E-state index is 0.00179. The van der Waals surface area contributed by atoms with Crippen LogP contribution in [-0.4, -0.2) is 99.7 Å². The number of piperidine rings is 1. The van der Waals surface area contributed by atoms with E-state index in [1.165, 1.54) is 19.2 Å². The molecular weight excluding hydrogens is 745 g/mol. The van der Waals surface area contributed by atoms with E-state index in [1.807, 2.05) is 16.9 Å². The number of piperazine rings is 1. The molecule has 17 heteroatoms. The molecular formula is C40H39F3N8O6. The van der Waals surface area contributed by atoms with Crippen molar-refractivity contribution in [2.45, 2.75) is 62.8 Å². The topological polar surface area (TPSA) is 149 Å². The van der Waals surface area contributed by atoms with Crippen LogP contribution in [0.4, 0.5) is 29.3 Å². The Morgan fingerprint density at radius 2 is 1.68 bits per heavy atom. The number of rotatable bonds is 8. The summed E-state index contributed by atoms with van der Waals surface area (Å²) in [4.78, 5) is 68.3. The minimum atomic E-state index is -4.57. The van der Waals surface area contributed by atoms with Crippen LogP contribution in [0.2, 0.25) is 0 Å². The molecule has 1 aliphatic carbocycles. The largest absolute Gasteiger partial charge is 0.494 e. The lowest BCUT2D eigenvalue weighted by atomic mass is 9.81. The zero-order valence-electron chi connectivity index (χ0n) is 30.9. The number of carbonyl (C=O) groups is 5. The van der Waals surface area contributed by atoms with Crippen molar-refractivity contribution in [3.8, 4) is 5.75 Å². The smallest absolute Gasteiger partial charge is 0.416 e. The third-order valence-electron chi connectivity index (χ3n) is 12.0. The highest BCUT2D eigenvalue weighted by Crippen LogP contribution is 2.41. The number of halogens is 3. The second-order valence-corrected chi connectivity index (χ2v) is 15.5. The summed E-state index contributed by atoms with van der Waals surface area (Å²) < 4.78 is 47.2. The first kappa shape index (κ1) is 36.7. The average molecular weight is 785 g/mol. The fraction of sp³-hybridized carbons (Fsp3) is 0.400. The monoisotopic (exact) mass is 784 g/mol. The Balaban J connectivity index is 0.798. The second-order valence-electron chi connectivity index (χ2n) is 15.5. The number of hydrazine groups is 1. The average Bonchev–Trinajstić information content (AvgIpc) is 3.73. The van der Waals surface area contributed by atoms with Gasteiger partial charge in [0, 0.05) is 67.0 Å². The SMILES string of the molecule is COc1cc2nn(C3CCC(CN4C5C[C@@H]4CN(c4ccc6c(c4)C(=O)N(N4CCC(=O)NC4=O)C6=O)C5)CC3)cc2cc1NC(=O)c1cccc(C(F)(F)F)c1. The lowest BCUT2D eigenvalue weighted by molar-refractivity contribution is -0.137. The number of nitrogens with one attached hydrogen (secondary N) is 2. The quantitative estimate of drug-likeness (QED) is 0.222. The first-order chi connectivity index (χ1) is 27.3. The number of nitrogens with zero attached hydrogens (tertiary/aromatic N) is 6. The van der Waals surface area contributed by atoms with Gasteiger partial charge in [0.15, 0.2) is 0 Å². The summed E-state index contributed by atoms with van der Waals surface area (Å²) in [6, 6.07) is 13.2. The molecule has 1 aromatic heterocycles. The molecule has 2 N–H and O–H groups in total. The van der Waals surface area contributed by atoms with E-state index in [0.29, 0.717) is 35.0 Å². The molecule has 2 atom stereocenters. The van der Waals surface area contributed by atoms with Gasteiger partial charge in [-0.2, -0.15) is 23.3 Å². The lowest BCUT2D eigenvalue weighted by Gasteiger charge is -2.58. The van der Waals surface area contributed by atoms with Crippen LogP contribution in [0.25, 0.3) is 10.9 Å². The van der Waals surface area contributed by atoms with E-state index in [9.17, 15) is 37.1 Å². The van der Waals surface area contributed by atoms with Gasteiger partial charge in [0.2, 0.25) is 5.91 Å². The van der Waals surface area contributed by atoms with Gasteiger partial charge in [0.05, 0.1) is 47.6 Å². The molecule has 1 saturated carbocycles. The van der Waals surface area contributed by atoms with Crippen molar-refractivity contribution in [1.29, 1.82) is 0 Å². The molecule has 5 fully saturated rings. The number of fused-ring (bicyclic) bond motifs is 4. The molecule has 6 heterocycles. The summed E-state index contributed by atoms with van der Waals surface area (Å²) >= 11 is 0. The second kappa shape index (κ2) is 13.9. The van der Waals surface area contributed by atoms with Gasteiger partial charge in [-0.25, -0.2) is 9.80 Å². The lowest BCUT2D eigenvalue weighted by Crippen LogP contribution is -2.69. The van der Waals surface area contributed by atoms with E-state index in [0.717, 1.165) is 85.0 Å². The third kappa shape index (κ3) is 6.62. The molecule has 2 bridgehead atoms. The number of methoxy groups -OCH3 is 1.